The number of carboxylic acid groups (broad SMARTS) is 1. The summed E-state index contributed by atoms with van der Waals surface area (Å²) in [5.74, 6) is -1.97. The van der Waals surface area contributed by atoms with Crippen molar-refractivity contribution in [3.63, 3.8) is 0 Å². The Morgan fingerprint density at radius 3 is 2.75 bits per heavy atom. The van der Waals surface area contributed by atoms with Crippen LogP contribution in [0, 0.1) is 0 Å². The predicted molar refractivity (Wildman–Crippen MR) is 45.5 cm³/mol. The molecule has 7 N–H and O–H groups in total. The molecule has 0 aliphatic carbocycles. The highest BCUT2D eigenvalue weighted by Gasteiger charge is 2.09. The van der Waals surface area contributed by atoms with Crippen molar-refractivity contribution in [1.82, 2.24) is 0 Å². The van der Waals surface area contributed by atoms with E-state index in [2.05, 4.69) is 4.99 Å². The summed E-state index contributed by atoms with van der Waals surface area (Å²) in [6.07, 6.45) is -2.77. The van der Waals surface area contributed by atoms with Gasteiger partial charge in [-0.3, -0.25) is 9.79 Å². The van der Waals surface area contributed by atoms with Crippen molar-refractivity contribution in [3.8, 4) is 0 Å². The van der Waals surface area contributed by atoms with Crippen LogP contribution in [0.25, 0.3) is 0 Å². The third-order valence-corrected chi connectivity index (χ3v) is 0.952. The zero-order valence-corrected chi connectivity index (χ0v) is 6.45. The molecule has 0 aliphatic heterocycles. The summed E-state index contributed by atoms with van der Waals surface area (Å²) in [6, 6.07) is -2.72. The van der Waals surface area contributed by atoms with Gasteiger partial charge in [0.2, 0.25) is 0 Å². The average Bonchev–Trinajstić information content (AvgIpc) is 2.02. The molecule has 6 nitrogen and oxygen atoms in total. The van der Waals surface area contributed by atoms with Gasteiger partial charge in [0.15, 0.2) is 5.96 Å². The van der Waals surface area contributed by atoms with Gasteiger partial charge in [0.05, 0.1) is 1.37 Å². The SMILES string of the molecule is [3H]C([3H])(CCN=C(N)N)[C@]([3H])(N)C(=O)O. The van der Waals surface area contributed by atoms with Gasteiger partial charge in [-0.15, -0.1) is 0 Å². The molecular weight excluding hydrogens is 160 g/mol. The lowest BCUT2D eigenvalue weighted by molar-refractivity contribution is -0.138. The third-order valence-electron chi connectivity index (χ3n) is 0.952. The maximum Gasteiger partial charge on any atom is 0.320 e. The van der Waals surface area contributed by atoms with Crippen molar-refractivity contribution in [3.05, 3.63) is 0 Å². The van der Waals surface area contributed by atoms with E-state index in [9.17, 15) is 4.79 Å². The summed E-state index contributed by atoms with van der Waals surface area (Å²) in [5.41, 5.74) is 15.0. The molecule has 0 spiro atoms. The molecule has 6 heteroatoms. The van der Waals surface area contributed by atoms with E-state index in [-0.39, 0.29) is 18.9 Å². The van der Waals surface area contributed by atoms with Gasteiger partial charge in [0.25, 0.3) is 0 Å². The number of nitrogens with two attached hydrogens (primary N) is 3. The second kappa shape index (κ2) is 5.36. The maximum atomic E-state index is 10.5. The topological polar surface area (TPSA) is 128 Å². The van der Waals surface area contributed by atoms with Gasteiger partial charge in [-0.1, -0.05) is 0 Å². The van der Waals surface area contributed by atoms with Gasteiger partial charge in [-0.25, -0.2) is 0 Å². The van der Waals surface area contributed by atoms with Gasteiger partial charge in [0.1, 0.15) is 6.02 Å². The lowest BCUT2D eigenvalue weighted by Gasteiger charge is -2.03. The zero-order valence-electron chi connectivity index (χ0n) is 9.45. The summed E-state index contributed by atoms with van der Waals surface area (Å²) in [6.45, 7) is -0.125. The van der Waals surface area contributed by atoms with Crippen molar-refractivity contribution in [2.45, 2.75) is 18.8 Å². The monoisotopic (exact) mass is 180 g/mol. The van der Waals surface area contributed by atoms with E-state index in [1.165, 1.54) is 0 Å². The number of hydrogen-bond donors (Lipinski definition) is 4. The van der Waals surface area contributed by atoms with E-state index in [0.717, 1.165) is 0 Å². The Bertz CT molecular complexity index is 276. The number of carbonyl (C=O) groups is 1. The maximum absolute atomic E-state index is 10.5. The molecule has 70 valence electrons. The summed E-state index contributed by atoms with van der Waals surface area (Å²) in [5, 5.41) is 8.55. The second-order valence-electron chi connectivity index (χ2n) is 1.95. The van der Waals surface area contributed by atoms with Gasteiger partial charge < -0.3 is 22.3 Å². The first-order chi connectivity index (χ1) is 6.61. The summed E-state index contributed by atoms with van der Waals surface area (Å²) < 4.78 is 21.8. The lowest BCUT2D eigenvalue weighted by Crippen LogP contribution is -2.30. The van der Waals surface area contributed by atoms with Crippen molar-refractivity contribution < 1.29 is 14.0 Å². The first kappa shape index (κ1) is 6.24. The van der Waals surface area contributed by atoms with Crippen LogP contribution in [0.3, 0.4) is 0 Å². The molecule has 0 aromatic rings. The molecular formula is C6H14N4O2. The number of hydrogen-bond acceptors (Lipinski definition) is 3. The van der Waals surface area contributed by atoms with Gasteiger partial charge >= 0.3 is 5.97 Å². The molecule has 0 radical (unpaired) electrons. The smallest absolute Gasteiger partial charge is 0.320 e. The molecule has 0 bridgehead atoms. The van der Waals surface area contributed by atoms with Gasteiger partial charge in [0, 0.05) is 9.29 Å². The van der Waals surface area contributed by atoms with Crippen molar-refractivity contribution in [1.29, 1.82) is 0 Å². The Hall–Kier alpha value is -1.30. The van der Waals surface area contributed by atoms with Crippen LogP contribution < -0.4 is 17.2 Å². The first-order valence-corrected chi connectivity index (χ1v) is 3.19. The number of rotatable bonds is 5. The molecule has 0 fully saturated rings. The Morgan fingerprint density at radius 1 is 1.75 bits per heavy atom. The number of nitrogens with zero attached hydrogens (tertiary/aromatic N) is 1. The van der Waals surface area contributed by atoms with E-state index in [4.69, 9.17) is 26.4 Å². The van der Waals surface area contributed by atoms with Crippen LogP contribution >= 0.6 is 0 Å². The van der Waals surface area contributed by atoms with Crippen LogP contribution in [0.1, 0.15) is 16.9 Å². The fourth-order valence-corrected chi connectivity index (χ4v) is 0.451. The van der Waals surface area contributed by atoms with Gasteiger partial charge in [-0.05, 0) is 12.8 Å². The normalized spacial score (nSPS) is 19.6. The van der Waals surface area contributed by atoms with Crippen LogP contribution in [-0.2, 0) is 4.79 Å². The summed E-state index contributed by atoms with van der Waals surface area (Å²) >= 11 is 0. The highest BCUT2D eigenvalue weighted by molar-refractivity contribution is 5.75. The van der Waals surface area contributed by atoms with E-state index in [0.29, 0.717) is 0 Å². The Kier molecular flexibility index (Phi) is 2.79. The standard InChI is InChI=1S/C6H14N4O2/c7-4(5(11)12)2-1-3-10-6(8)9/h4H,1-3,7H2,(H,11,12)(H4,8,9,10)/t4-/m0/s1/i2T2,4T. The van der Waals surface area contributed by atoms with E-state index < -0.39 is 18.4 Å². The van der Waals surface area contributed by atoms with Crippen LogP contribution in [0.2, 0.25) is 0 Å². The summed E-state index contributed by atoms with van der Waals surface area (Å²) in [7, 11) is 0. The minimum Gasteiger partial charge on any atom is -0.480 e. The van der Waals surface area contributed by atoms with Gasteiger partial charge in [-0.2, -0.15) is 0 Å². The van der Waals surface area contributed by atoms with Crippen molar-refractivity contribution in [2.75, 3.05) is 6.54 Å². The average molecular weight is 180 g/mol. The predicted octanol–water partition coefficient (Wildman–Crippen LogP) is -1.55. The third kappa shape index (κ3) is 5.48. The highest BCUT2D eigenvalue weighted by Crippen LogP contribution is 1.94. The molecule has 0 heterocycles. The van der Waals surface area contributed by atoms with Crippen LogP contribution in [0.15, 0.2) is 4.99 Å². The molecule has 0 aromatic carbocycles. The van der Waals surface area contributed by atoms with Crippen molar-refractivity contribution in [2.24, 2.45) is 22.2 Å². The molecule has 0 aliphatic rings. The molecule has 0 rings (SSSR count). The molecule has 0 saturated heterocycles. The molecule has 1 atom stereocenters. The second-order valence-corrected chi connectivity index (χ2v) is 1.95. The number of aliphatic imine (C=N–C) groups is 1. The molecule has 12 heavy (non-hydrogen) atoms. The number of aliphatic carboxylic acids is 1. The largest absolute Gasteiger partial charge is 0.480 e. The molecule has 0 saturated carbocycles. The Balaban J connectivity index is 4.55. The van der Waals surface area contributed by atoms with E-state index in [1.54, 1.807) is 0 Å². The molecule has 0 aromatic heterocycles. The van der Waals surface area contributed by atoms with Crippen LogP contribution in [0.4, 0.5) is 0 Å². The highest BCUT2D eigenvalue weighted by atomic mass is 16.4. The molecule has 0 amide bonds. The molecule has 0 unspecified atom stereocenters. The quantitative estimate of drug-likeness (QED) is 0.301. The minimum atomic E-state index is -2.72. The fourth-order valence-electron chi connectivity index (χ4n) is 0.451. The van der Waals surface area contributed by atoms with E-state index in [1.807, 2.05) is 0 Å². The van der Waals surface area contributed by atoms with Crippen LogP contribution in [-0.4, -0.2) is 29.6 Å². The summed E-state index contributed by atoms with van der Waals surface area (Å²) in [4.78, 5) is 14.0. The van der Waals surface area contributed by atoms with Crippen molar-refractivity contribution >= 4 is 11.9 Å². The number of carboxylic acids is 1. The number of guanidine groups is 1. The van der Waals surface area contributed by atoms with E-state index >= 15 is 0 Å². The first-order valence-electron chi connectivity index (χ1n) is 4.69. The Morgan fingerprint density at radius 2 is 2.33 bits per heavy atom. The fraction of sp³-hybridized carbons (Fsp3) is 0.667. The Labute approximate surface area is 74.6 Å². The van der Waals surface area contributed by atoms with Crippen LogP contribution in [0.5, 0.6) is 0 Å². The minimum absolute atomic E-state index is 0.125. The zero-order chi connectivity index (χ0) is 12.3. The lowest BCUT2D eigenvalue weighted by atomic mass is 10.2.